The van der Waals surface area contributed by atoms with Crippen molar-refractivity contribution in [2.45, 2.75) is 38.2 Å². The Hall–Kier alpha value is -2.35. The Kier molecular flexibility index (Phi) is 5.26. The molecule has 1 aliphatic carbocycles. The molecule has 1 aromatic carbocycles. The summed E-state index contributed by atoms with van der Waals surface area (Å²) in [6.07, 6.45) is 6.77. The fraction of sp³-hybridized carbons (Fsp3) is 0.318. The molecule has 5 rings (SSSR count). The number of benzene rings is 1. The number of hydrogen-bond acceptors (Lipinski definition) is 7. The second kappa shape index (κ2) is 8.18. The van der Waals surface area contributed by atoms with Crippen molar-refractivity contribution in [1.29, 1.82) is 0 Å². The summed E-state index contributed by atoms with van der Waals surface area (Å²) in [7, 11) is 0. The van der Waals surface area contributed by atoms with Gasteiger partial charge in [-0.1, -0.05) is 12.8 Å². The van der Waals surface area contributed by atoms with Crippen LogP contribution in [0.3, 0.4) is 0 Å². The zero-order valence-electron chi connectivity index (χ0n) is 15.8. The lowest BCUT2D eigenvalue weighted by Gasteiger charge is -2.26. The van der Waals surface area contributed by atoms with Crippen LogP contribution in [0.4, 0.5) is 0 Å². The topological polar surface area (TPSA) is 68.1 Å². The standard InChI is InChI=1S/C22H21N3O2S2/c26-20-4-2-1-3-14(20)9-22-25-17-6-5-15(11-21(17)29-22)27-16-7-8-23-18(10-16)19-12-28-13-24-19/h5-8,10-14,20,26H,1-4,9H2/t14-,20+/m0/s1. The summed E-state index contributed by atoms with van der Waals surface area (Å²) in [6.45, 7) is 0. The van der Waals surface area contributed by atoms with Crippen LogP contribution in [0.5, 0.6) is 11.5 Å². The third kappa shape index (κ3) is 4.17. The van der Waals surface area contributed by atoms with Gasteiger partial charge in [0.25, 0.3) is 0 Å². The number of fused-ring (bicyclic) bond motifs is 1. The minimum Gasteiger partial charge on any atom is -0.457 e. The summed E-state index contributed by atoms with van der Waals surface area (Å²) in [5.74, 6) is 1.85. The third-order valence-corrected chi connectivity index (χ3v) is 7.00. The Morgan fingerprint density at radius 1 is 1.03 bits per heavy atom. The fourth-order valence-electron chi connectivity index (χ4n) is 3.84. The first-order valence-corrected chi connectivity index (χ1v) is 11.6. The first-order chi connectivity index (χ1) is 14.2. The Labute approximate surface area is 177 Å². The van der Waals surface area contributed by atoms with E-state index in [1.807, 2.05) is 35.7 Å². The van der Waals surface area contributed by atoms with Crippen molar-refractivity contribution in [2.24, 2.45) is 5.92 Å². The maximum Gasteiger partial charge on any atom is 0.131 e. The van der Waals surface area contributed by atoms with Crippen LogP contribution in [0.1, 0.15) is 30.7 Å². The molecule has 5 nitrogen and oxygen atoms in total. The zero-order valence-corrected chi connectivity index (χ0v) is 17.5. The molecule has 3 aromatic heterocycles. The minimum atomic E-state index is -0.187. The van der Waals surface area contributed by atoms with Gasteiger partial charge < -0.3 is 9.84 Å². The molecule has 148 valence electrons. The summed E-state index contributed by atoms with van der Waals surface area (Å²) < 4.78 is 7.18. The molecule has 1 fully saturated rings. The summed E-state index contributed by atoms with van der Waals surface area (Å²) in [5, 5.41) is 13.3. The largest absolute Gasteiger partial charge is 0.457 e. The SMILES string of the molecule is O[C@@H]1CCCC[C@H]1Cc1nc2ccc(Oc3ccnc(-c4cscn4)c3)cc2s1. The Balaban J connectivity index is 1.34. The first kappa shape index (κ1) is 18.7. The Bertz CT molecular complexity index is 1110. The van der Waals surface area contributed by atoms with E-state index in [4.69, 9.17) is 9.72 Å². The molecule has 0 spiro atoms. The van der Waals surface area contributed by atoms with Gasteiger partial charge in [-0.05, 0) is 37.0 Å². The Morgan fingerprint density at radius 2 is 1.93 bits per heavy atom. The highest BCUT2D eigenvalue weighted by atomic mass is 32.1. The molecule has 0 bridgehead atoms. The number of aromatic nitrogens is 3. The van der Waals surface area contributed by atoms with E-state index < -0.39 is 0 Å². The van der Waals surface area contributed by atoms with Crippen LogP contribution in [0.25, 0.3) is 21.6 Å². The number of aliphatic hydroxyl groups excluding tert-OH is 1. The van der Waals surface area contributed by atoms with E-state index in [0.29, 0.717) is 5.92 Å². The molecule has 3 heterocycles. The van der Waals surface area contributed by atoms with Crippen molar-refractivity contribution in [1.82, 2.24) is 15.0 Å². The van der Waals surface area contributed by atoms with E-state index in [9.17, 15) is 5.11 Å². The highest BCUT2D eigenvalue weighted by Crippen LogP contribution is 2.33. The van der Waals surface area contributed by atoms with Gasteiger partial charge in [0.1, 0.15) is 11.5 Å². The average molecular weight is 424 g/mol. The molecule has 0 saturated heterocycles. The van der Waals surface area contributed by atoms with E-state index in [2.05, 4.69) is 9.97 Å². The lowest BCUT2D eigenvalue weighted by molar-refractivity contribution is 0.0700. The van der Waals surface area contributed by atoms with Crippen molar-refractivity contribution >= 4 is 32.9 Å². The van der Waals surface area contributed by atoms with Crippen molar-refractivity contribution in [2.75, 3.05) is 0 Å². The molecular weight excluding hydrogens is 402 g/mol. The van der Waals surface area contributed by atoms with Gasteiger partial charge in [-0.3, -0.25) is 4.98 Å². The molecule has 0 radical (unpaired) electrons. The maximum absolute atomic E-state index is 10.3. The van der Waals surface area contributed by atoms with Crippen molar-refractivity contribution in [3.63, 3.8) is 0 Å². The van der Waals surface area contributed by atoms with Crippen LogP contribution in [0.2, 0.25) is 0 Å². The van der Waals surface area contributed by atoms with E-state index in [0.717, 1.165) is 63.8 Å². The van der Waals surface area contributed by atoms with E-state index >= 15 is 0 Å². The van der Waals surface area contributed by atoms with Gasteiger partial charge in [0, 0.05) is 30.1 Å². The maximum atomic E-state index is 10.3. The van der Waals surface area contributed by atoms with Crippen molar-refractivity contribution in [3.8, 4) is 22.9 Å². The number of aliphatic hydroxyl groups is 1. The third-order valence-electron chi connectivity index (χ3n) is 5.37. The average Bonchev–Trinajstić information content (AvgIpc) is 3.39. The Morgan fingerprint density at radius 3 is 2.79 bits per heavy atom. The van der Waals surface area contributed by atoms with E-state index in [1.165, 1.54) is 6.42 Å². The zero-order chi connectivity index (χ0) is 19.6. The molecule has 0 amide bonds. The van der Waals surface area contributed by atoms with E-state index in [-0.39, 0.29) is 6.10 Å². The normalized spacial score (nSPS) is 19.5. The van der Waals surface area contributed by atoms with Gasteiger partial charge in [-0.2, -0.15) is 0 Å². The van der Waals surface area contributed by atoms with Crippen LogP contribution in [-0.2, 0) is 6.42 Å². The van der Waals surface area contributed by atoms with Gasteiger partial charge in [0.2, 0.25) is 0 Å². The number of pyridine rings is 1. The molecule has 2 atom stereocenters. The van der Waals surface area contributed by atoms with Gasteiger partial charge in [0.15, 0.2) is 0 Å². The smallest absolute Gasteiger partial charge is 0.131 e. The molecule has 1 N–H and O–H groups in total. The van der Waals surface area contributed by atoms with Crippen LogP contribution in [-0.4, -0.2) is 26.2 Å². The fourth-order valence-corrected chi connectivity index (χ4v) is 5.48. The van der Waals surface area contributed by atoms with Crippen molar-refractivity contribution in [3.05, 3.63) is 52.4 Å². The molecule has 29 heavy (non-hydrogen) atoms. The molecule has 4 aromatic rings. The summed E-state index contributed by atoms with van der Waals surface area (Å²) in [4.78, 5) is 13.5. The molecule has 1 aliphatic rings. The predicted molar refractivity (Wildman–Crippen MR) is 117 cm³/mol. The number of thiazole rings is 2. The number of nitrogens with zero attached hydrogens (tertiary/aromatic N) is 3. The lowest BCUT2D eigenvalue weighted by atomic mass is 9.84. The second-order valence-electron chi connectivity index (χ2n) is 7.41. The van der Waals surface area contributed by atoms with Crippen LogP contribution < -0.4 is 4.74 Å². The monoisotopic (exact) mass is 423 g/mol. The lowest BCUT2D eigenvalue weighted by Crippen LogP contribution is -2.26. The van der Waals surface area contributed by atoms with Crippen molar-refractivity contribution < 1.29 is 9.84 Å². The summed E-state index contributed by atoms with van der Waals surface area (Å²) in [6, 6.07) is 9.75. The van der Waals surface area contributed by atoms with Crippen LogP contribution >= 0.6 is 22.7 Å². The van der Waals surface area contributed by atoms with Crippen LogP contribution in [0, 0.1) is 5.92 Å². The number of ether oxygens (including phenoxy) is 1. The molecule has 7 heteroatoms. The second-order valence-corrected chi connectivity index (χ2v) is 9.24. The molecule has 0 unspecified atom stereocenters. The highest BCUT2D eigenvalue weighted by Gasteiger charge is 2.24. The molecule has 0 aliphatic heterocycles. The first-order valence-electron chi connectivity index (χ1n) is 9.84. The van der Waals surface area contributed by atoms with Gasteiger partial charge in [-0.25, -0.2) is 9.97 Å². The number of rotatable bonds is 5. The molecule has 1 saturated carbocycles. The molecular formula is C22H21N3O2S2. The summed E-state index contributed by atoms with van der Waals surface area (Å²) >= 11 is 3.24. The highest BCUT2D eigenvalue weighted by molar-refractivity contribution is 7.18. The van der Waals surface area contributed by atoms with Gasteiger partial charge in [-0.15, -0.1) is 22.7 Å². The van der Waals surface area contributed by atoms with E-state index in [1.54, 1.807) is 34.4 Å². The van der Waals surface area contributed by atoms with Gasteiger partial charge >= 0.3 is 0 Å². The van der Waals surface area contributed by atoms with Gasteiger partial charge in [0.05, 0.1) is 38.2 Å². The predicted octanol–water partition coefficient (Wildman–Crippen LogP) is 5.70. The minimum absolute atomic E-state index is 0.187. The summed E-state index contributed by atoms with van der Waals surface area (Å²) in [5.41, 5.74) is 4.44. The van der Waals surface area contributed by atoms with Crippen LogP contribution in [0.15, 0.2) is 47.4 Å². The quantitative estimate of drug-likeness (QED) is 0.446. The number of hydrogen-bond donors (Lipinski definition) is 1.